The molecule has 0 aromatic carbocycles. The number of hydrogen-bond acceptors (Lipinski definition) is 22. The molecule has 0 radical (unpaired) electrons. The molecule has 0 amide bonds. The monoisotopic (exact) mass is 945 g/mol. The number of aliphatic hydroxyl groups excluding tert-OH is 16. The molecule has 0 aliphatic carbocycles. The van der Waals surface area contributed by atoms with E-state index >= 15 is 0 Å². The largest absolute Gasteiger partial charge is 0.394 e. The summed E-state index contributed by atoms with van der Waals surface area (Å²) in [5, 5.41) is 154. The fraction of sp³-hybridized carbons (Fsp3) is 0.727. The van der Waals surface area contributed by atoms with Crippen molar-refractivity contribution in [2.24, 2.45) is 0 Å². The third-order valence-corrected chi connectivity index (χ3v) is 11.7. The smallest absolute Gasteiger partial charge is 0.126 e. The van der Waals surface area contributed by atoms with Crippen LogP contribution in [0.2, 0.25) is 0 Å². The summed E-state index contributed by atoms with van der Waals surface area (Å²) in [5.41, 5.74) is 2.08. The molecule has 16 N–H and O–H groups in total. The van der Waals surface area contributed by atoms with Crippen molar-refractivity contribution in [2.75, 3.05) is 13.2 Å². The Morgan fingerprint density at radius 2 is 0.485 bits per heavy atom. The van der Waals surface area contributed by atoms with Crippen molar-refractivity contribution in [1.82, 2.24) is 29.9 Å². The molecule has 3 aromatic rings. The highest BCUT2D eigenvalue weighted by Crippen LogP contribution is 2.26. The fourth-order valence-corrected chi connectivity index (χ4v) is 6.28. The molecule has 0 bridgehead atoms. The Bertz CT molecular complexity index is 1400. The summed E-state index contributed by atoms with van der Waals surface area (Å²) >= 11 is 0. The Balaban J connectivity index is 0.000000495. The summed E-state index contributed by atoms with van der Waals surface area (Å²) in [4.78, 5) is 24.6. The minimum atomic E-state index is -1.42. The van der Waals surface area contributed by atoms with Gasteiger partial charge < -0.3 is 81.7 Å². The van der Waals surface area contributed by atoms with E-state index in [9.17, 15) is 71.5 Å². The van der Waals surface area contributed by atoms with Crippen LogP contribution in [0.25, 0.3) is 0 Å². The summed E-state index contributed by atoms with van der Waals surface area (Å²) in [6, 6.07) is 0. The maximum absolute atomic E-state index is 10.0. The molecule has 0 aliphatic heterocycles. The molecule has 3 aromatic heterocycles. The van der Waals surface area contributed by atoms with Crippen LogP contribution < -0.4 is 0 Å². The van der Waals surface area contributed by atoms with Gasteiger partial charge in [0, 0.05) is 48.5 Å². The average Bonchev–Trinajstić information content (AvgIpc) is 3.36. The lowest BCUT2D eigenvalue weighted by Crippen LogP contribution is -2.35. The second-order valence-electron chi connectivity index (χ2n) is 16.5. The first kappa shape index (κ1) is 60.6. The van der Waals surface area contributed by atoms with Crippen LogP contribution in [-0.2, 0) is 0 Å². The van der Waals surface area contributed by atoms with Gasteiger partial charge in [0.1, 0.15) is 36.6 Å². The van der Waals surface area contributed by atoms with Crippen LogP contribution >= 0.6 is 0 Å². The maximum Gasteiger partial charge on any atom is 0.126 e. The Hall–Kier alpha value is -3.40. The molecule has 3 heterocycles. The Labute approximate surface area is 385 Å². The fourth-order valence-electron chi connectivity index (χ4n) is 6.28. The molecule has 378 valence electrons. The standard InChI is InChI=1S/C16H28N2O4.2C14H24N2O6/c1-5-13(19)15(21)9(3)11-7-18-12(8-17-11)10(4)16(22)14(20)6-2;1-7(13(21)11(19)5-17)9-3-16-10(4-15-9)8(2)14(22)12(20)6-18;1-3-9(17)13(21)11(19)7-5-16-8(6-15-7)12(20)14(22)10(18)4-2/h7-10,13-16,19-22H,5-6H2,1-4H3;3-4,7-8,11-14,17-22H,5-6H2,1-2H3;5-6,9-14,17-22H,3-4H2,1-2H3. The summed E-state index contributed by atoms with van der Waals surface area (Å²) in [6.07, 6.45) is -6.43. The highest BCUT2D eigenvalue weighted by atomic mass is 16.4. The lowest BCUT2D eigenvalue weighted by atomic mass is 9.94. The first-order valence-electron chi connectivity index (χ1n) is 22.2. The minimum absolute atomic E-state index is 0.0291. The van der Waals surface area contributed by atoms with E-state index in [-0.39, 0.29) is 36.1 Å². The van der Waals surface area contributed by atoms with Gasteiger partial charge >= 0.3 is 0 Å². The van der Waals surface area contributed by atoms with E-state index in [4.69, 9.17) is 10.2 Å². The first-order chi connectivity index (χ1) is 31.0. The molecular formula is C44H76N6O16. The van der Waals surface area contributed by atoms with Crippen molar-refractivity contribution >= 4 is 0 Å². The number of aromatic nitrogens is 6. The van der Waals surface area contributed by atoms with E-state index in [0.29, 0.717) is 35.6 Å². The predicted octanol–water partition coefficient (Wildman–Crippen LogP) is -2.13. The summed E-state index contributed by atoms with van der Waals surface area (Å²) in [5.74, 6) is -1.74. The molecule has 3 rings (SSSR count). The second-order valence-corrected chi connectivity index (χ2v) is 16.5. The molecule has 66 heavy (non-hydrogen) atoms. The zero-order chi connectivity index (χ0) is 50.6. The Morgan fingerprint density at radius 1 is 0.303 bits per heavy atom. The van der Waals surface area contributed by atoms with E-state index in [1.165, 1.54) is 12.4 Å². The van der Waals surface area contributed by atoms with Crippen molar-refractivity contribution in [3.63, 3.8) is 0 Å². The van der Waals surface area contributed by atoms with Crippen LogP contribution in [0.15, 0.2) is 37.2 Å². The molecule has 18 atom stereocenters. The molecule has 0 fully saturated rings. The predicted molar refractivity (Wildman–Crippen MR) is 237 cm³/mol. The van der Waals surface area contributed by atoms with Gasteiger partial charge in [-0.1, -0.05) is 55.4 Å². The van der Waals surface area contributed by atoms with Crippen molar-refractivity contribution < 1.29 is 81.7 Å². The molecule has 0 saturated carbocycles. The van der Waals surface area contributed by atoms with Gasteiger partial charge in [-0.3, -0.25) is 29.9 Å². The van der Waals surface area contributed by atoms with Crippen LogP contribution in [0, 0.1) is 0 Å². The molecule has 22 heteroatoms. The number of aliphatic hydroxyl groups is 16. The number of nitrogens with zero attached hydrogens (tertiary/aromatic N) is 6. The highest BCUT2D eigenvalue weighted by Gasteiger charge is 2.31. The van der Waals surface area contributed by atoms with Gasteiger partial charge in [0.15, 0.2) is 0 Å². The molecular weight excluding hydrogens is 869 g/mol. The topological polar surface area (TPSA) is 401 Å². The van der Waals surface area contributed by atoms with Gasteiger partial charge in [0.05, 0.1) is 109 Å². The summed E-state index contributed by atoms with van der Waals surface area (Å²) < 4.78 is 0. The number of rotatable bonds is 24. The SMILES string of the molecule is CC(c1cnc(C(C)C(O)C(O)CO)cn1)C(O)C(O)CO.CCC(O)C(O)C(C)c1cnc(C(C)C(O)C(O)CC)cn1.CCC(O)C(O)C(O)c1cnc(C(O)C(O)C(O)CC)cn1. The quantitative estimate of drug-likeness (QED) is 0.0456. The Kier molecular flexibility index (Phi) is 27.7. The summed E-state index contributed by atoms with van der Waals surface area (Å²) in [6.45, 7) is 12.7. The van der Waals surface area contributed by atoms with E-state index in [1.807, 2.05) is 0 Å². The minimum Gasteiger partial charge on any atom is -0.394 e. The molecule has 0 saturated heterocycles. The van der Waals surface area contributed by atoms with E-state index < -0.39 is 111 Å². The molecule has 0 spiro atoms. The molecule has 0 aliphatic rings. The highest BCUT2D eigenvalue weighted by molar-refractivity contribution is 5.15. The normalized spacial score (nSPS) is 20.0. The maximum atomic E-state index is 10.0. The van der Waals surface area contributed by atoms with Crippen LogP contribution in [-0.4, -0.2) is 198 Å². The van der Waals surface area contributed by atoms with Crippen molar-refractivity contribution in [1.29, 1.82) is 0 Å². The van der Waals surface area contributed by atoms with Crippen molar-refractivity contribution in [2.45, 2.75) is 190 Å². The van der Waals surface area contributed by atoms with Gasteiger partial charge in [0.25, 0.3) is 0 Å². The second kappa shape index (κ2) is 30.2. The molecule has 22 nitrogen and oxygen atoms in total. The summed E-state index contributed by atoms with van der Waals surface area (Å²) in [7, 11) is 0. The van der Waals surface area contributed by atoms with Crippen molar-refractivity contribution in [3.8, 4) is 0 Å². The van der Waals surface area contributed by atoms with Gasteiger partial charge in [-0.15, -0.1) is 0 Å². The number of hydrogen-bond donors (Lipinski definition) is 16. The third-order valence-electron chi connectivity index (χ3n) is 11.7. The first-order valence-corrected chi connectivity index (χ1v) is 22.2. The van der Waals surface area contributed by atoms with E-state index in [2.05, 4.69) is 29.9 Å². The zero-order valence-electron chi connectivity index (χ0n) is 38.9. The zero-order valence-corrected chi connectivity index (χ0v) is 38.9. The van der Waals surface area contributed by atoms with Gasteiger partial charge in [0.2, 0.25) is 0 Å². The molecule has 18 unspecified atom stereocenters. The van der Waals surface area contributed by atoms with E-state index in [1.54, 1.807) is 67.8 Å². The van der Waals surface area contributed by atoms with Gasteiger partial charge in [-0.05, 0) is 25.7 Å². The Morgan fingerprint density at radius 3 is 0.667 bits per heavy atom. The lowest BCUT2D eigenvalue weighted by Gasteiger charge is -2.24. The van der Waals surface area contributed by atoms with Gasteiger partial charge in [-0.25, -0.2) is 0 Å². The van der Waals surface area contributed by atoms with Crippen LogP contribution in [0.1, 0.15) is 151 Å². The van der Waals surface area contributed by atoms with Crippen molar-refractivity contribution in [3.05, 3.63) is 71.3 Å². The van der Waals surface area contributed by atoms with Crippen LogP contribution in [0.5, 0.6) is 0 Å². The van der Waals surface area contributed by atoms with Gasteiger partial charge in [-0.2, -0.15) is 0 Å². The average molecular weight is 945 g/mol. The van der Waals surface area contributed by atoms with Crippen LogP contribution in [0.4, 0.5) is 0 Å². The third kappa shape index (κ3) is 17.6. The van der Waals surface area contributed by atoms with Crippen LogP contribution in [0.3, 0.4) is 0 Å². The lowest BCUT2D eigenvalue weighted by molar-refractivity contribution is -0.0651. The van der Waals surface area contributed by atoms with E-state index in [0.717, 1.165) is 12.4 Å².